The second-order valence-electron chi connectivity index (χ2n) is 4.27. The molecule has 0 fully saturated rings. The first-order valence-corrected chi connectivity index (χ1v) is 7.30. The van der Waals surface area contributed by atoms with E-state index in [1.54, 1.807) is 23.6 Å². The van der Waals surface area contributed by atoms with Crippen LogP contribution in [0.2, 0.25) is 0 Å². The van der Waals surface area contributed by atoms with Gasteiger partial charge in [-0.3, -0.25) is 4.79 Å². The third-order valence-corrected chi connectivity index (χ3v) is 3.63. The maximum absolute atomic E-state index is 11.9. The molecule has 0 bridgehead atoms. The summed E-state index contributed by atoms with van der Waals surface area (Å²) in [5.74, 6) is -0.533. The Morgan fingerprint density at radius 1 is 1.24 bits per heavy atom. The number of carboxylic acid groups (broad SMARTS) is 1. The number of benzene rings is 1. The first kappa shape index (κ1) is 15.1. The van der Waals surface area contributed by atoms with Crippen molar-refractivity contribution in [3.8, 4) is 5.75 Å². The van der Waals surface area contributed by atoms with Gasteiger partial charge in [0.05, 0.1) is 18.7 Å². The Morgan fingerprint density at radius 3 is 2.57 bits per heavy atom. The smallest absolute Gasteiger partial charge is 0.348 e. The van der Waals surface area contributed by atoms with E-state index in [1.807, 2.05) is 19.1 Å². The molecule has 0 saturated carbocycles. The number of ether oxygens (including phenoxy) is 1. The number of carbonyl (C=O) groups excluding carboxylic acids is 1. The Labute approximate surface area is 126 Å². The molecule has 0 aliphatic heterocycles. The monoisotopic (exact) mass is 305 g/mol. The summed E-state index contributed by atoms with van der Waals surface area (Å²) in [5, 5.41) is 13.2. The van der Waals surface area contributed by atoms with E-state index in [0.29, 0.717) is 12.3 Å². The van der Waals surface area contributed by atoms with Crippen molar-refractivity contribution in [1.29, 1.82) is 0 Å². The maximum atomic E-state index is 11.9. The average molecular weight is 305 g/mol. The third-order valence-electron chi connectivity index (χ3n) is 2.73. The molecule has 1 heterocycles. The molecule has 0 radical (unpaired) electrons. The summed E-state index contributed by atoms with van der Waals surface area (Å²) >= 11 is 1.08. The highest BCUT2D eigenvalue weighted by Gasteiger charge is 2.14. The molecule has 0 aliphatic carbocycles. The van der Waals surface area contributed by atoms with E-state index in [4.69, 9.17) is 9.84 Å². The number of carbonyl (C=O) groups is 2. The van der Waals surface area contributed by atoms with Crippen molar-refractivity contribution in [3.05, 3.63) is 46.2 Å². The van der Waals surface area contributed by atoms with Crippen LogP contribution in [0.25, 0.3) is 0 Å². The number of anilines is 1. The van der Waals surface area contributed by atoms with Gasteiger partial charge >= 0.3 is 5.97 Å². The lowest BCUT2D eigenvalue weighted by molar-refractivity contribution is -0.115. The van der Waals surface area contributed by atoms with Gasteiger partial charge in [-0.25, -0.2) is 4.79 Å². The van der Waals surface area contributed by atoms with Crippen LogP contribution in [0.1, 0.15) is 22.2 Å². The maximum Gasteiger partial charge on any atom is 0.348 e. The molecule has 0 aliphatic rings. The predicted octanol–water partition coefficient (Wildman–Crippen LogP) is 3.03. The van der Waals surface area contributed by atoms with E-state index < -0.39 is 5.97 Å². The minimum atomic E-state index is -1.04. The van der Waals surface area contributed by atoms with Crippen LogP contribution in [0.15, 0.2) is 35.7 Å². The number of thiophene rings is 1. The molecule has 1 aromatic heterocycles. The summed E-state index contributed by atoms with van der Waals surface area (Å²) in [4.78, 5) is 23.0. The number of amides is 1. The lowest BCUT2D eigenvalue weighted by Crippen LogP contribution is -2.15. The van der Waals surface area contributed by atoms with Crippen LogP contribution in [-0.4, -0.2) is 23.6 Å². The molecule has 1 amide bonds. The van der Waals surface area contributed by atoms with E-state index >= 15 is 0 Å². The van der Waals surface area contributed by atoms with Crippen molar-refractivity contribution in [2.24, 2.45) is 0 Å². The van der Waals surface area contributed by atoms with Gasteiger partial charge in [0, 0.05) is 0 Å². The van der Waals surface area contributed by atoms with Crippen molar-refractivity contribution in [2.45, 2.75) is 13.3 Å². The van der Waals surface area contributed by atoms with Crippen molar-refractivity contribution >= 4 is 28.9 Å². The summed E-state index contributed by atoms with van der Waals surface area (Å²) in [6.07, 6.45) is 0.182. The average Bonchev–Trinajstić information content (AvgIpc) is 2.89. The third kappa shape index (κ3) is 4.06. The molecular weight excluding hydrogens is 290 g/mol. The molecule has 110 valence electrons. The number of nitrogens with one attached hydrogen (secondary N) is 1. The van der Waals surface area contributed by atoms with Gasteiger partial charge in [0.25, 0.3) is 0 Å². The van der Waals surface area contributed by atoms with Gasteiger partial charge in [-0.05, 0) is 36.1 Å². The quantitative estimate of drug-likeness (QED) is 0.860. The number of carboxylic acids is 1. The summed E-state index contributed by atoms with van der Waals surface area (Å²) in [6, 6.07) is 8.83. The summed E-state index contributed by atoms with van der Waals surface area (Å²) in [6.45, 7) is 2.50. The second-order valence-corrected chi connectivity index (χ2v) is 5.19. The standard InChI is InChI=1S/C15H15NO4S/c1-2-20-11-5-3-10(4-6-11)9-13(17)16-12-7-8-21-14(12)15(18)19/h3-8H,2,9H2,1H3,(H,16,17)(H,18,19). The highest BCUT2D eigenvalue weighted by Crippen LogP contribution is 2.22. The molecule has 2 aromatic rings. The van der Waals surface area contributed by atoms with Crippen molar-refractivity contribution in [3.63, 3.8) is 0 Å². The topological polar surface area (TPSA) is 75.6 Å². The molecule has 0 saturated heterocycles. The molecule has 21 heavy (non-hydrogen) atoms. The van der Waals surface area contributed by atoms with Gasteiger partial charge in [0.15, 0.2) is 0 Å². The minimum Gasteiger partial charge on any atom is -0.494 e. The first-order valence-electron chi connectivity index (χ1n) is 6.42. The minimum absolute atomic E-state index is 0.134. The van der Waals surface area contributed by atoms with Gasteiger partial charge in [0.2, 0.25) is 5.91 Å². The van der Waals surface area contributed by atoms with Crippen LogP contribution < -0.4 is 10.1 Å². The van der Waals surface area contributed by atoms with E-state index in [9.17, 15) is 9.59 Å². The van der Waals surface area contributed by atoms with Crippen LogP contribution >= 0.6 is 11.3 Å². The highest BCUT2D eigenvalue weighted by atomic mass is 32.1. The molecule has 2 rings (SSSR count). The Hall–Kier alpha value is -2.34. The SMILES string of the molecule is CCOc1ccc(CC(=O)Nc2ccsc2C(=O)O)cc1. The fourth-order valence-electron chi connectivity index (χ4n) is 1.82. The highest BCUT2D eigenvalue weighted by molar-refractivity contribution is 7.12. The van der Waals surface area contributed by atoms with E-state index in [2.05, 4.69) is 5.32 Å². The van der Waals surface area contributed by atoms with Gasteiger partial charge in [-0.1, -0.05) is 12.1 Å². The van der Waals surface area contributed by atoms with Crippen LogP contribution in [0.5, 0.6) is 5.75 Å². The van der Waals surface area contributed by atoms with Crippen LogP contribution in [0, 0.1) is 0 Å². The summed E-state index contributed by atoms with van der Waals surface area (Å²) in [5.41, 5.74) is 1.17. The van der Waals surface area contributed by atoms with E-state index in [0.717, 1.165) is 22.6 Å². The Morgan fingerprint density at radius 2 is 1.95 bits per heavy atom. The molecule has 0 unspecified atom stereocenters. The zero-order valence-electron chi connectivity index (χ0n) is 11.5. The number of rotatable bonds is 6. The lowest BCUT2D eigenvalue weighted by atomic mass is 10.1. The van der Waals surface area contributed by atoms with Gasteiger partial charge in [-0.2, -0.15) is 0 Å². The molecular formula is C15H15NO4S. The first-order chi connectivity index (χ1) is 10.1. The van der Waals surface area contributed by atoms with E-state index in [-0.39, 0.29) is 17.2 Å². The molecule has 6 heteroatoms. The van der Waals surface area contributed by atoms with Crippen molar-refractivity contribution in [2.75, 3.05) is 11.9 Å². The van der Waals surface area contributed by atoms with Gasteiger partial charge in [0.1, 0.15) is 10.6 Å². The molecule has 5 nitrogen and oxygen atoms in total. The molecule has 2 N–H and O–H groups in total. The van der Waals surface area contributed by atoms with Crippen LogP contribution in [0.3, 0.4) is 0 Å². The van der Waals surface area contributed by atoms with Crippen LogP contribution in [-0.2, 0) is 11.2 Å². The van der Waals surface area contributed by atoms with Crippen molar-refractivity contribution in [1.82, 2.24) is 0 Å². The fourth-order valence-corrected chi connectivity index (χ4v) is 2.51. The Kier molecular flexibility index (Phi) is 4.94. The van der Waals surface area contributed by atoms with E-state index in [1.165, 1.54) is 0 Å². The second kappa shape index (κ2) is 6.90. The van der Waals surface area contributed by atoms with Gasteiger partial charge in [-0.15, -0.1) is 11.3 Å². The van der Waals surface area contributed by atoms with Gasteiger partial charge < -0.3 is 15.2 Å². The zero-order valence-corrected chi connectivity index (χ0v) is 12.3. The number of hydrogen-bond acceptors (Lipinski definition) is 4. The molecule has 0 atom stereocenters. The molecule has 0 spiro atoms. The van der Waals surface area contributed by atoms with Crippen molar-refractivity contribution < 1.29 is 19.4 Å². The largest absolute Gasteiger partial charge is 0.494 e. The Bertz CT molecular complexity index is 633. The number of hydrogen-bond donors (Lipinski definition) is 2. The summed E-state index contributed by atoms with van der Waals surface area (Å²) < 4.78 is 5.33. The predicted molar refractivity (Wildman–Crippen MR) is 81.2 cm³/mol. The Balaban J connectivity index is 1.98. The lowest BCUT2D eigenvalue weighted by Gasteiger charge is -2.06. The zero-order chi connectivity index (χ0) is 15.2. The normalized spacial score (nSPS) is 10.1. The number of aromatic carboxylic acids is 1. The van der Waals surface area contributed by atoms with Crippen LogP contribution in [0.4, 0.5) is 5.69 Å². The fraction of sp³-hybridized carbons (Fsp3) is 0.200. The summed E-state index contributed by atoms with van der Waals surface area (Å²) in [7, 11) is 0. The molecule has 1 aromatic carbocycles.